The van der Waals surface area contributed by atoms with Crippen LogP contribution in [0, 0.1) is 0 Å². The van der Waals surface area contributed by atoms with E-state index in [1.807, 2.05) is 0 Å². The highest BCUT2D eigenvalue weighted by atomic mass is 16.1. The molecule has 0 saturated carbocycles. The third kappa shape index (κ3) is 2.01. The maximum atomic E-state index is 10.2. The molecule has 0 spiro atoms. The van der Waals surface area contributed by atoms with Crippen LogP contribution in [0.2, 0.25) is 0 Å². The zero-order valence-electron chi connectivity index (χ0n) is 5.39. The number of amides is 1. The number of primary amides is 1. The molecular formula is C6H12N2O. The lowest BCUT2D eigenvalue weighted by Crippen LogP contribution is -2.43. The van der Waals surface area contributed by atoms with Gasteiger partial charge in [0.25, 0.3) is 0 Å². The fourth-order valence-corrected chi connectivity index (χ4v) is 0.911. The lowest BCUT2D eigenvalue weighted by Gasteiger charge is -2.26. The van der Waals surface area contributed by atoms with Gasteiger partial charge in [0, 0.05) is 12.5 Å². The van der Waals surface area contributed by atoms with E-state index >= 15 is 0 Å². The molecule has 0 radical (unpaired) electrons. The molecule has 1 rings (SSSR count). The van der Waals surface area contributed by atoms with Gasteiger partial charge in [0.2, 0.25) is 5.91 Å². The van der Waals surface area contributed by atoms with Gasteiger partial charge >= 0.3 is 0 Å². The van der Waals surface area contributed by atoms with Crippen LogP contribution in [0.25, 0.3) is 0 Å². The second-order valence-corrected chi connectivity index (χ2v) is 2.44. The molecule has 3 heteroatoms. The zero-order chi connectivity index (χ0) is 6.69. The third-order valence-corrected chi connectivity index (χ3v) is 1.67. The van der Waals surface area contributed by atoms with Gasteiger partial charge in [-0.1, -0.05) is 0 Å². The first-order valence-electron chi connectivity index (χ1n) is 3.31. The molecule has 3 nitrogen and oxygen atoms in total. The molecule has 0 bridgehead atoms. The Hall–Kier alpha value is -0.570. The van der Waals surface area contributed by atoms with Gasteiger partial charge in [-0.25, -0.2) is 0 Å². The number of hydrogen-bond acceptors (Lipinski definition) is 2. The van der Waals surface area contributed by atoms with Crippen LogP contribution in [0.3, 0.4) is 0 Å². The number of hydrogen-bond donors (Lipinski definition) is 2. The topological polar surface area (TPSA) is 55.1 Å². The van der Waals surface area contributed by atoms with E-state index in [1.165, 1.54) is 6.42 Å². The van der Waals surface area contributed by atoms with Gasteiger partial charge in [-0.05, 0) is 19.4 Å². The molecule has 1 atom stereocenters. The molecular weight excluding hydrogens is 116 g/mol. The highest BCUT2D eigenvalue weighted by Crippen LogP contribution is 2.07. The molecule has 1 amide bonds. The fraction of sp³-hybridized carbons (Fsp3) is 0.833. The average molecular weight is 128 g/mol. The van der Waals surface area contributed by atoms with Crippen molar-refractivity contribution in [2.75, 3.05) is 6.54 Å². The summed E-state index contributed by atoms with van der Waals surface area (Å²) in [6.45, 7) is 1.10. The molecule has 0 aromatic rings. The van der Waals surface area contributed by atoms with Crippen LogP contribution in [-0.2, 0) is 4.79 Å². The summed E-state index contributed by atoms with van der Waals surface area (Å²) in [5.74, 6) is -0.191. The second kappa shape index (κ2) is 2.82. The molecule has 1 unspecified atom stereocenters. The number of nitrogens with one attached hydrogen (secondary N) is 1. The SMILES string of the molecule is NC(=O)CCC1CCN1. The van der Waals surface area contributed by atoms with E-state index in [0.717, 1.165) is 13.0 Å². The van der Waals surface area contributed by atoms with Crippen molar-refractivity contribution >= 4 is 5.91 Å². The third-order valence-electron chi connectivity index (χ3n) is 1.67. The van der Waals surface area contributed by atoms with E-state index in [4.69, 9.17) is 5.73 Å². The van der Waals surface area contributed by atoms with Crippen LogP contribution < -0.4 is 11.1 Å². The Morgan fingerprint density at radius 2 is 2.44 bits per heavy atom. The van der Waals surface area contributed by atoms with Crippen molar-refractivity contribution < 1.29 is 4.79 Å². The Morgan fingerprint density at radius 3 is 2.78 bits per heavy atom. The molecule has 0 aromatic carbocycles. The number of carbonyl (C=O) groups excluding carboxylic acids is 1. The van der Waals surface area contributed by atoms with Crippen molar-refractivity contribution in [1.82, 2.24) is 5.32 Å². The monoisotopic (exact) mass is 128 g/mol. The van der Waals surface area contributed by atoms with Gasteiger partial charge < -0.3 is 11.1 Å². The Kier molecular flexibility index (Phi) is 2.05. The van der Waals surface area contributed by atoms with E-state index in [9.17, 15) is 4.79 Å². The number of nitrogens with two attached hydrogens (primary N) is 1. The van der Waals surface area contributed by atoms with Gasteiger partial charge in [0.05, 0.1) is 0 Å². The lowest BCUT2D eigenvalue weighted by molar-refractivity contribution is -0.118. The summed E-state index contributed by atoms with van der Waals surface area (Å²) in [4.78, 5) is 10.2. The number of rotatable bonds is 3. The standard InChI is InChI=1S/C6H12N2O/c7-6(9)2-1-5-3-4-8-5/h5,8H,1-4H2,(H2,7,9). The number of carbonyl (C=O) groups is 1. The Morgan fingerprint density at radius 1 is 1.78 bits per heavy atom. The summed E-state index contributed by atoms with van der Waals surface area (Å²) in [5, 5.41) is 3.19. The molecule has 1 aliphatic rings. The van der Waals surface area contributed by atoms with Gasteiger partial charge in [-0.15, -0.1) is 0 Å². The first-order chi connectivity index (χ1) is 4.29. The van der Waals surface area contributed by atoms with E-state index in [2.05, 4.69) is 5.32 Å². The van der Waals surface area contributed by atoms with Crippen molar-refractivity contribution in [2.24, 2.45) is 5.73 Å². The molecule has 0 aliphatic carbocycles. The highest BCUT2D eigenvalue weighted by Gasteiger charge is 2.15. The van der Waals surface area contributed by atoms with Gasteiger partial charge in [-0.3, -0.25) is 4.79 Å². The van der Waals surface area contributed by atoms with Crippen LogP contribution >= 0.6 is 0 Å². The Balaban J connectivity index is 1.97. The summed E-state index contributed by atoms with van der Waals surface area (Å²) < 4.78 is 0. The quantitative estimate of drug-likeness (QED) is 0.544. The molecule has 0 aromatic heterocycles. The second-order valence-electron chi connectivity index (χ2n) is 2.44. The van der Waals surface area contributed by atoms with Gasteiger partial charge in [0.15, 0.2) is 0 Å². The van der Waals surface area contributed by atoms with Crippen molar-refractivity contribution in [1.29, 1.82) is 0 Å². The molecule has 1 fully saturated rings. The Labute approximate surface area is 54.6 Å². The van der Waals surface area contributed by atoms with Crippen LogP contribution in [0.15, 0.2) is 0 Å². The van der Waals surface area contributed by atoms with E-state index in [-0.39, 0.29) is 5.91 Å². The van der Waals surface area contributed by atoms with Gasteiger partial charge in [-0.2, -0.15) is 0 Å². The minimum atomic E-state index is -0.191. The first-order valence-corrected chi connectivity index (χ1v) is 3.31. The minimum Gasteiger partial charge on any atom is -0.370 e. The maximum Gasteiger partial charge on any atom is 0.217 e. The zero-order valence-corrected chi connectivity index (χ0v) is 5.39. The maximum absolute atomic E-state index is 10.2. The average Bonchev–Trinajstić information content (AvgIpc) is 1.60. The van der Waals surface area contributed by atoms with Crippen LogP contribution in [0.5, 0.6) is 0 Å². The fourth-order valence-electron chi connectivity index (χ4n) is 0.911. The first kappa shape index (κ1) is 6.55. The summed E-state index contributed by atoms with van der Waals surface area (Å²) in [5.41, 5.74) is 4.95. The Bertz CT molecular complexity index is 110. The van der Waals surface area contributed by atoms with Crippen molar-refractivity contribution in [3.8, 4) is 0 Å². The van der Waals surface area contributed by atoms with Crippen LogP contribution in [0.1, 0.15) is 19.3 Å². The molecule has 3 N–H and O–H groups in total. The summed E-state index contributed by atoms with van der Waals surface area (Å²) in [7, 11) is 0. The van der Waals surface area contributed by atoms with Gasteiger partial charge in [0.1, 0.15) is 0 Å². The van der Waals surface area contributed by atoms with E-state index in [0.29, 0.717) is 12.5 Å². The smallest absolute Gasteiger partial charge is 0.217 e. The largest absolute Gasteiger partial charge is 0.370 e. The summed E-state index contributed by atoms with van der Waals surface area (Å²) in [6, 6.07) is 0.567. The molecule has 9 heavy (non-hydrogen) atoms. The summed E-state index contributed by atoms with van der Waals surface area (Å²) >= 11 is 0. The van der Waals surface area contributed by atoms with Crippen molar-refractivity contribution in [3.05, 3.63) is 0 Å². The van der Waals surface area contributed by atoms with E-state index < -0.39 is 0 Å². The predicted octanol–water partition coefficient (Wildman–Crippen LogP) is -0.386. The summed E-state index contributed by atoms with van der Waals surface area (Å²) in [6.07, 6.45) is 2.64. The predicted molar refractivity (Wildman–Crippen MR) is 34.8 cm³/mol. The van der Waals surface area contributed by atoms with Crippen molar-refractivity contribution in [3.63, 3.8) is 0 Å². The van der Waals surface area contributed by atoms with Crippen molar-refractivity contribution in [2.45, 2.75) is 25.3 Å². The van der Waals surface area contributed by atoms with E-state index in [1.54, 1.807) is 0 Å². The molecule has 1 aliphatic heterocycles. The lowest BCUT2D eigenvalue weighted by atomic mass is 10.0. The van der Waals surface area contributed by atoms with Crippen LogP contribution in [-0.4, -0.2) is 18.5 Å². The normalized spacial score (nSPS) is 25.1. The minimum absolute atomic E-state index is 0.191. The molecule has 1 heterocycles. The van der Waals surface area contributed by atoms with Crippen LogP contribution in [0.4, 0.5) is 0 Å². The highest BCUT2D eigenvalue weighted by molar-refractivity contribution is 5.73. The molecule has 52 valence electrons. The molecule has 1 saturated heterocycles.